The number of sulfonamides is 1. The third-order valence-electron chi connectivity index (χ3n) is 5.95. The second-order valence-corrected chi connectivity index (χ2v) is 10.1. The predicted molar refractivity (Wildman–Crippen MR) is 136 cm³/mol. The van der Waals surface area contributed by atoms with Gasteiger partial charge in [0.1, 0.15) is 5.82 Å². The molecule has 0 spiro atoms. The maximum atomic E-state index is 13.0. The monoisotopic (exact) mass is 496 g/mol. The van der Waals surface area contributed by atoms with Gasteiger partial charge < -0.3 is 10.2 Å². The molecule has 3 aromatic rings. The highest BCUT2D eigenvalue weighted by molar-refractivity contribution is 7.92. The lowest BCUT2D eigenvalue weighted by Gasteiger charge is -2.36. The van der Waals surface area contributed by atoms with Gasteiger partial charge in [-0.2, -0.15) is 0 Å². The standard InChI is InChI=1S/C26H29FN4O3S/c27-22-9-13-25(14-10-22)35(33,34)29-23-11-7-21(8-12-23)26(32)28-15-4-16-30-17-19-31(20-18-30)24-5-2-1-3-6-24/h1-3,5-14,29H,4,15-20H2,(H,28,32). The fourth-order valence-corrected chi connectivity index (χ4v) is 5.05. The molecule has 0 atom stereocenters. The molecule has 4 rings (SSSR count). The molecule has 1 heterocycles. The molecule has 3 aromatic carbocycles. The summed E-state index contributed by atoms with van der Waals surface area (Å²) in [5, 5.41) is 2.92. The van der Waals surface area contributed by atoms with E-state index in [2.05, 4.69) is 44.1 Å². The molecule has 0 aromatic heterocycles. The van der Waals surface area contributed by atoms with Crippen LogP contribution in [0.2, 0.25) is 0 Å². The molecule has 1 amide bonds. The molecule has 1 saturated heterocycles. The van der Waals surface area contributed by atoms with Crippen molar-refractivity contribution < 1.29 is 17.6 Å². The van der Waals surface area contributed by atoms with E-state index in [-0.39, 0.29) is 10.8 Å². The van der Waals surface area contributed by atoms with Crippen LogP contribution in [0.15, 0.2) is 83.8 Å². The summed E-state index contributed by atoms with van der Waals surface area (Å²) >= 11 is 0. The van der Waals surface area contributed by atoms with Crippen LogP contribution in [-0.2, 0) is 10.0 Å². The zero-order chi connectivity index (χ0) is 24.7. The number of para-hydroxylation sites is 1. The van der Waals surface area contributed by atoms with E-state index in [0.717, 1.165) is 51.3 Å². The van der Waals surface area contributed by atoms with Gasteiger partial charge in [-0.05, 0) is 73.6 Å². The number of hydrogen-bond donors (Lipinski definition) is 2. The van der Waals surface area contributed by atoms with Crippen LogP contribution in [0.5, 0.6) is 0 Å². The minimum absolute atomic E-state index is 0.0396. The number of nitrogens with one attached hydrogen (secondary N) is 2. The number of benzene rings is 3. The molecule has 1 aliphatic heterocycles. The Morgan fingerprint density at radius 3 is 2.17 bits per heavy atom. The number of carbonyl (C=O) groups excluding carboxylic acids is 1. The quantitative estimate of drug-likeness (QED) is 0.443. The molecule has 0 saturated carbocycles. The van der Waals surface area contributed by atoms with Gasteiger partial charge in [-0.1, -0.05) is 18.2 Å². The molecule has 0 aliphatic carbocycles. The Morgan fingerprint density at radius 1 is 0.857 bits per heavy atom. The van der Waals surface area contributed by atoms with Gasteiger partial charge in [0.15, 0.2) is 0 Å². The van der Waals surface area contributed by atoms with E-state index >= 15 is 0 Å². The molecule has 184 valence electrons. The summed E-state index contributed by atoms with van der Waals surface area (Å²) in [4.78, 5) is 17.2. The van der Waals surface area contributed by atoms with Gasteiger partial charge >= 0.3 is 0 Å². The number of carbonyl (C=O) groups is 1. The Labute approximate surface area is 205 Å². The van der Waals surface area contributed by atoms with Crippen LogP contribution >= 0.6 is 0 Å². The maximum Gasteiger partial charge on any atom is 0.261 e. The maximum absolute atomic E-state index is 13.0. The molecule has 9 heteroatoms. The third kappa shape index (κ3) is 6.80. The SMILES string of the molecule is O=C(NCCCN1CCN(c2ccccc2)CC1)c1ccc(NS(=O)(=O)c2ccc(F)cc2)cc1. The molecule has 0 bridgehead atoms. The van der Waals surface area contributed by atoms with Crippen molar-refractivity contribution in [2.75, 3.05) is 48.9 Å². The molecule has 1 fully saturated rings. The van der Waals surface area contributed by atoms with Crippen LogP contribution in [0, 0.1) is 5.82 Å². The highest BCUT2D eigenvalue weighted by Crippen LogP contribution is 2.18. The van der Waals surface area contributed by atoms with Crippen molar-refractivity contribution in [2.24, 2.45) is 0 Å². The van der Waals surface area contributed by atoms with Crippen LogP contribution in [0.1, 0.15) is 16.8 Å². The van der Waals surface area contributed by atoms with Crippen molar-refractivity contribution in [1.82, 2.24) is 10.2 Å². The van der Waals surface area contributed by atoms with E-state index in [0.29, 0.717) is 17.8 Å². The summed E-state index contributed by atoms with van der Waals surface area (Å²) in [6.45, 7) is 5.47. The van der Waals surface area contributed by atoms with Crippen molar-refractivity contribution in [3.8, 4) is 0 Å². The van der Waals surface area contributed by atoms with Crippen molar-refractivity contribution in [2.45, 2.75) is 11.3 Å². The Morgan fingerprint density at radius 2 is 1.51 bits per heavy atom. The summed E-state index contributed by atoms with van der Waals surface area (Å²) < 4.78 is 40.3. The minimum Gasteiger partial charge on any atom is -0.369 e. The van der Waals surface area contributed by atoms with E-state index in [4.69, 9.17) is 0 Å². The fourth-order valence-electron chi connectivity index (χ4n) is 3.99. The normalized spacial score (nSPS) is 14.5. The average Bonchev–Trinajstić information content (AvgIpc) is 2.88. The zero-order valence-corrected chi connectivity index (χ0v) is 20.2. The second-order valence-electron chi connectivity index (χ2n) is 8.41. The Kier molecular flexibility index (Phi) is 7.99. The van der Waals surface area contributed by atoms with Gasteiger partial charge in [-0.15, -0.1) is 0 Å². The zero-order valence-electron chi connectivity index (χ0n) is 19.4. The number of nitrogens with zero attached hydrogens (tertiary/aromatic N) is 2. The second kappa shape index (κ2) is 11.3. The van der Waals surface area contributed by atoms with Crippen LogP contribution in [0.4, 0.5) is 15.8 Å². The number of amides is 1. The lowest BCUT2D eigenvalue weighted by atomic mass is 10.2. The summed E-state index contributed by atoms with van der Waals surface area (Å²) in [6, 6.07) is 21.2. The molecule has 0 radical (unpaired) electrons. The van der Waals surface area contributed by atoms with Crippen LogP contribution in [-0.4, -0.2) is 58.5 Å². The summed E-state index contributed by atoms with van der Waals surface area (Å²) in [7, 11) is -3.84. The first kappa shape index (κ1) is 24.7. The van der Waals surface area contributed by atoms with Crippen molar-refractivity contribution in [3.05, 3.63) is 90.2 Å². The van der Waals surface area contributed by atoms with E-state index in [1.807, 2.05) is 6.07 Å². The summed E-state index contributed by atoms with van der Waals surface area (Å²) in [5.41, 5.74) is 2.03. The molecule has 2 N–H and O–H groups in total. The van der Waals surface area contributed by atoms with Gasteiger partial charge in [-0.3, -0.25) is 14.4 Å². The predicted octanol–water partition coefficient (Wildman–Crippen LogP) is 3.57. The van der Waals surface area contributed by atoms with Crippen molar-refractivity contribution in [1.29, 1.82) is 0 Å². The summed E-state index contributed by atoms with van der Waals surface area (Å²) in [6.07, 6.45) is 0.854. The highest BCUT2D eigenvalue weighted by Gasteiger charge is 2.17. The van der Waals surface area contributed by atoms with Gasteiger partial charge in [-0.25, -0.2) is 12.8 Å². The third-order valence-corrected chi connectivity index (χ3v) is 7.35. The Balaban J connectivity index is 1.18. The van der Waals surface area contributed by atoms with Gasteiger partial charge in [0.25, 0.3) is 15.9 Å². The van der Waals surface area contributed by atoms with Gasteiger partial charge in [0, 0.05) is 49.7 Å². The lowest BCUT2D eigenvalue weighted by molar-refractivity contribution is 0.0951. The highest BCUT2D eigenvalue weighted by atomic mass is 32.2. The number of piperazine rings is 1. The van der Waals surface area contributed by atoms with Crippen LogP contribution < -0.4 is 14.9 Å². The first-order valence-corrected chi connectivity index (χ1v) is 13.1. The van der Waals surface area contributed by atoms with E-state index in [1.165, 1.54) is 30.0 Å². The number of anilines is 2. The Bertz CT molecular complexity index is 1210. The smallest absolute Gasteiger partial charge is 0.261 e. The first-order valence-electron chi connectivity index (χ1n) is 11.6. The Hall–Kier alpha value is -3.43. The van der Waals surface area contributed by atoms with E-state index in [9.17, 15) is 17.6 Å². The summed E-state index contributed by atoms with van der Waals surface area (Å²) in [5.74, 6) is -0.711. The molecular weight excluding hydrogens is 467 g/mol. The first-order chi connectivity index (χ1) is 16.9. The largest absolute Gasteiger partial charge is 0.369 e. The topological polar surface area (TPSA) is 81.8 Å². The minimum atomic E-state index is -3.84. The molecule has 7 nitrogen and oxygen atoms in total. The number of hydrogen-bond acceptors (Lipinski definition) is 5. The van der Waals surface area contributed by atoms with E-state index < -0.39 is 15.8 Å². The van der Waals surface area contributed by atoms with Gasteiger partial charge in [0.05, 0.1) is 4.90 Å². The van der Waals surface area contributed by atoms with Crippen LogP contribution in [0.25, 0.3) is 0 Å². The number of halogens is 1. The molecular formula is C26H29FN4O3S. The average molecular weight is 497 g/mol. The molecule has 0 unspecified atom stereocenters. The molecule has 1 aliphatic rings. The fraction of sp³-hybridized carbons (Fsp3) is 0.269. The van der Waals surface area contributed by atoms with E-state index in [1.54, 1.807) is 12.1 Å². The lowest BCUT2D eigenvalue weighted by Crippen LogP contribution is -2.47. The van der Waals surface area contributed by atoms with Gasteiger partial charge in [0.2, 0.25) is 0 Å². The van der Waals surface area contributed by atoms with Crippen molar-refractivity contribution >= 4 is 27.3 Å². The molecule has 35 heavy (non-hydrogen) atoms. The van der Waals surface area contributed by atoms with Crippen LogP contribution in [0.3, 0.4) is 0 Å². The van der Waals surface area contributed by atoms with Crippen molar-refractivity contribution in [3.63, 3.8) is 0 Å². The number of rotatable bonds is 9.